The van der Waals surface area contributed by atoms with E-state index < -0.39 is 0 Å². The van der Waals surface area contributed by atoms with Gasteiger partial charge in [-0.05, 0) is 81.3 Å². The lowest BCUT2D eigenvalue weighted by molar-refractivity contribution is 0.0659. The first-order valence-corrected chi connectivity index (χ1v) is 11.4. The molecule has 0 bridgehead atoms. The summed E-state index contributed by atoms with van der Waals surface area (Å²) < 4.78 is 5.99. The predicted molar refractivity (Wildman–Crippen MR) is 122 cm³/mol. The van der Waals surface area contributed by atoms with Crippen molar-refractivity contribution in [3.05, 3.63) is 64.7 Å². The topological polar surface area (TPSA) is 49.9 Å². The summed E-state index contributed by atoms with van der Waals surface area (Å²) in [5.74, 6) is 1.49. The Kier molecular flexibility index (Phi) is 6.59. The van der Waals surface area contributed by atoms with Gasteiger partial charge in [-0.15, -0.1) is 0 Å². The van der Waals surface area contributed by atoms with Crippen molar-refractivity contribution in [3.63, 3.8) is 0 Å². The first-order chi connectivity index (χ1) is 15.0. The van der Waals surface area contributed by atoms with E-state index in [-0.39, 0.29) is 11.8 Å². The fraction of sp³-hybridized carbons (Fsp3) is 0.462. The lowest BCUT2D eigenvalue weighted by atomic mass is 9.96. The summed E-state index contributed by atoms with van der Waals surface area (Å²) in [6, 6.07) is 13.6. The largest absolute Gasteiger partial charge is 0.493 e. The average Bonchev–Trinajstić information content (AvgIpc) is 3.34. The summed E-state index contributed by atoms with van der Waals surface area (Å²) in [4.78, 5) is 29.2. The third kappa shape index (κ3) is 5.09. The van der Waals surface area contributed by atoms with Gasteiger partial charge in [-0.1, -0.05) is 17.7 Å². The molecule has 2 aliphatic rings. The molecule has 2 aliphatic heterocycles. The van der Waals surface area contributed by atoms with Crippen LogP contribution in [-0.2, 0) is 0 Å². The second kappa shape index (κ2) is 9.54. The van der Waals surface area contributed by atoms with E-state index in [0.29, 0.717) is 12.5 Å². The zero-order valence-electron chi connectivity index (χ0n) is 18.6. The molecule has 0 aromatic heterocycles. The van der Waals surface area contributed by atoms with Gasteiger partial charge in [0, 0.05) is 37.3 Å². The Bertz CT molecular complexity index is 924. The number of carbonyl (C=O) groups excluding carboxylic acids is 2. The second-order valence-electron chi connectivity index (χ2n) is 8.89. The van der Waals surface area contributed by atoms with E-state index >= 15 is 0 Å². The number of likely N-dealkylation sites (tertiary alicyclic amines) is 2. The van der Waals surface area contributed by atoms with Gasteiger partial charge in [0.2, 0.25) is 0 Å². The molecule has 2 aromatic carbocycles. The number of piperidine rings is 1. The fourth-order valence-electron chi connectivity index (χ4n) is 4.45. The molecule has 0 N–H and O–H groups in total. The lowest BCUT2D eigenvalue weighted by Crippen LogP contribution is -2.40. The van der Waals surface area contributed by atoms with Crippen molar-refractivity contribution in [1.29, 1.82) is 0 Å². The monoisotopic (exact) mass is 420 g/mol. The maximum absolute atomic E-state index is 12.9. The lowest BCUT2D eigenvalue weighted by Gasteiger charge is -2.32. The van der Waals surface area contributed by atoms with Crippen LogP contribution in [0.15, 0.2) is 42.5 Å². The van der Waals surface area contributed by atoms with Crippen molar-refractivity contribution in [2.75, 3.05) is 32.8 Å². The maximum Gasteiger partial charge on any atom is 0.254 e. The molecule has 5 heteroatoms. The van der Waals surface area contributed by atoms with E-state index in [1.165, 1.54) is 0 Å². The zero-order valence-corrected chi connectivity index (χ0v) is 18.6. The van der Waals surface area contributed by atoms with E-state index in [4.69, 9.17) is 4.74 Å². The van der Waals surface area contributed by atoms with Crippen LogP contribution in [0.3, 0.4) is 0 Å². The van der Waals surface area contributed by atoms with Crippen molar-refractivity contribution in [3.8, 4) is 5.75 Å². The maximum atomic E-state index is 12.9. The van der Waals surface area contributed by atoms with E-state index in [9.17, 15) is 9.59 Å². The number of benzene rings is 2. The molecule has 164 valence electrons. The van der Waals surface area contributed by atoms with Crippen LogP contribution in [0.25, 0.3) is 0 Å². The number of hydrogen-bond donors (Lipinski definition) is 0. The molecule has 0 aliphatic carbocycles. The summed E-state index contributed by atoms with van der Waals surface area (Å²) in [5.41, 5.74) is 3.70. The van der Waals surface area contributed by atoms with Crippen LogP contribution < -0.4 is 4.74 Å². The van der Waals surface area contributed by atoms with Gasteiger partial charge in [-0.2, -0.15) is 0 Å². The molecule has 0 atom stereocenters. The summed E-state index contributed by atoms with van der Waals surface area (Å²) in [7, 11) is 0. The summed E-state index contributed by atoms with van der Waals surface area (Å²) in [6.07, 6.45) is 4.09. The number of aryl methyl sites for hydroxylation is 2. The first-order valence-electron chi connectivity index (χ1n) is 11.4. The molecule has 31 heavy (non-hydrogen) atoms. The molecular weight excluding hydrogens is 388 g/mol. The van der Waals surface area contributed by atoms with Gasteiger partial charge in [-0.3, -0.25) is 9.59 Å². The normalized spacial score (nSPS) is 17.1. The van der Waals surface area contributed by atoms with Crippen LogP contribution in [0.2, 0.25) is 0 Å². The highest BCUT2D eigenvalue weighted by molar-refractivity contribution is 5.96. The minimum absolute atomic E-state index is 0.116. The van der Waals surface area contributed by atoms with Crippen molar-refractivity contribution >= 4 is 11.8 Å². The second-order valence-corrected chi connectivity index (χ2v) is 8.89. The zero-order chi connectivity index (χ0) is 21.8. The van der Waals surface area contributed by atoms with Gasteiger partial charge in [0.1, 0.15) is 5.75 Å². The van der Waals surface area contributed by atoms with Gasteiger partial charge in [0.25, 0.3) is 11.8 Å². The molecular formula is C26H32N2O3. The third-order valence-electron chi connectivity index (χ3n) is 6.51. The van der Waals surface area contributed by atoms with Crippen LogP contribution in [0.4, 0.5) is 0 Å². The highest BCUT2D eigenvalue weighted by Gasteiger charge is 2.25. The van der Waals surface area contributed by atoms with Gasteiger partial charge >= 0.3 is 0 Å². The van der Waals surface area contributed by atoms with Crippen LogP contribution in [0, 0.1) is 19.8 Å². The Labute approximate surface area is 185 Å². The van der Waals surface area contributed by atoms with Gasteiger partial charge < -0.3 is 14.5 Å². The molecule has 4 rings (SSSR count). The molecule has 0 spiro atoms. The molecule has 0 radical (unpaired) electrons. The Morgan fingerprint density at radius 3 is 2.19 bits per heavy atom. The Morgan fingerprint density at radius 2 is 1.52 bits per heavy atom. The van der Waals surface area contributed by atoms with Crippen molar-refractivity contribution < 1.29 is 14.3 Å². The SMILES string of the molecule is Cc1ccc(C)c(C(=O)N2CCC(COc3ccc(C(=O)N4CCCC4)cc3)CC2)c1. The standard InChI is InChI=1S/C26H32N2O3/c1-19-5-6-20(2)24(17-19)26(30)28-15-11-21(12-16-28)18-31-23-9-7-22(8-10-23)25(29)27-13-3-4-14-27/h5-10,17,21H,3-4,11-16,18H2,1-2H3. The molecule has 5 nitrogen and oxygen atoms in total. The van der Waals surface area contributed by atoms with E-state index in [1.54, 1.807) is 0 Å². The fourth-order valence-corrected chi connectivity index (χ4v) is 4.45. The number of amides is 2. The van der Waals surface area contributed by atoms with Crippen LogP contribution in [-0.4, -0.2) is 54.4 Å². The van der Waals surface area contributed by atoms with Crippen LogP contribution >= 0.6 is 0 Å². The molecule has 0 unspecified atom stereocenters. The minimum Gasteiger partial charge on any atom is -0.493 e. The van der Waals surface area contributed by atoms with E-state index in [0.717, 1.165) is 79.9 Å². The first kappa shape index (κ1) is 21.4. The van der Waals surface area contributed by atoms with Crippen LogP contribution in [0.5, 0.6) is 5.75 Å². The average molecular weight is 421 g/mol. The summed E-state index contributed by atoms with van der Waals surface area (Å²) in [5, 5.41) is 0. The minimum atomic E-state index is 0.116. The smallest absolute Gasteiger partial charge is 0.254 e. The summed E-state index contributed by atoms with van der Waals surface area (Å²) >= 11 is 0. The van der Waals surface area contributed by atoms with Crippen molar-refractivity contribution in [2.24, 2.45) is 5.92 Å². The predicted octanol–water partition coefficient (Wildman–Crippen LogP) is 4.47. The van der Waals surface area contributed by atoms with E-state index in [2.05, 4.69) is 0 Å². The van der Waals surface area contributed by atoms with Crippen LogP contribution in [0.1, 0.15) is 57.5 Å². The molecule has 2 aromatic rings. The van der Waals surface area contributed by atoms with Crippen molar-refractivity contribution in [2.45, 2.75) is 39.5 Å². The number of rotatable bonds is 5. The Hall–Kier alpha value is -2.82. The Morgan fingerprint density at radius 1 is 0.871 bits per heavy atom. The molecule has 2 saturated heterocycles. The summed E-state index contributed by atoms with van der Waals surface area (Å²) in [6.45, 7) is 7.92. The molecule has 2 amide bonds. The highest BCUT2D eigenvalue weighted by atomic mass is 16.5. The Balaban J connectivity index is 1.25. The van der Waals surface area contributed by atoms with Gasteiger partial charge in [0.15, 0.2) is 0 Å². The third-order valence-corrected chi connectivity index (χ3v) is 6.51. The highest BCUT2D eigenvalue weighted by Crippen LogP contribution is 2.23. The number of hydrogen-bond acceptors (Lipinski definition) is 3. The molecule has 0 saturated carbocycles. The van der Waals surface area contributed by atoms with Crippen molar-refractivity contribution in [1.82, 2.24) is 9.80 Å². The number of carbonyl (C=O) groups is 2. The quantitative estimate of drug-likeness (QED) is 0.717. The molecule has 2 fully saturated rings. The molecule has 2 heterocycles. The van der Waals surface area contributed by atoms with Gasteiger partial charge in [-0.25, -0.2) is 0 Å². The number of ether oxygens (including phenoxy) is 1. The van der Waals surface area contributed by atoms with E-state index in [1.807, 2.05) is 66.1 Å². The number of nitrogens with zero attached hydrogens (tertiary/aromatic N) is 2. The van der Waals surface area contributed by atoms with Gasteiger partial charge in [0.05, 0.1) is 6.61 Å².